The van der Waals surface area contributed by atoms with Gasteiger partial charge in [0.2, 0.25) is 5.91 Å². The Morgan fingerprint density at radius 1 is 1.18 bits per heavy atom. The van der Waals surface area contributed by atoms with Crippen LogP contribution in [0.15, 0.2) is 30.3 Å². The molecule has 2 bridgehead atoms. The third kappa shape index (κ3) is 5.49. The van der Waals surface area contributed by atoms with Gasteiger partial charge < -0.3 is 24.3 Å². The normalized spacial score (nSPS) is 32.7. The summed E-state index contributed by atoms with van der Waals surface area (Å²) in [5.74, 6) is 0.955. The first kappa shape index (κ1) is 27.5. The molecule has 38 heavy (non-hydrogen) atoms. The number of carbonyl (C=O) groups excluding carboxylic acids is 2. The van der Waals surface area contributed by atoms with Crippen LogP contribution < -0.4 is 5.32 Å². The lowest BCUT2D eigenvalue weighted by Gasteiger charge is -2.64. The minimum absolute atomic E-state index is 0.0150. The second kappa shape index (κ2) is 10.2. The fourth-order valence-electron chi connectivity index (χ4n) is 7.41. The van der Waals surface area contributed by atoms with Gasteiger partial charge in [-0.25, -0.2) is 4.79 Å². The zero-order chi connectivity index (χ0) is 27.3. The van der Waals surface area contributed by atoms with Gasteiger partial charge >= 0.3 is 13.2 Å². The Morgan fingerprint density at radius 3 is 2.61 bits per heavy atom. The van der Waals surface area contributed by atoms with Crippen molar-refractivity contribution in [2.45, 2.75) is 103 Å². The molecule has 1 aromatic carbocycles. The van der Waals surface area contributed by atoms with Gasteiger partial charge in [-0.15, -0.1) is 0 Å². The highest BCUT2D eigenvalue weighted by Crippen LogP contribution is 2.65. The summed E-state index contributed by atoms with van der Waals surface area (Å²) >= 11 is 0. The van der Waals surface area contributed by atoms with Crippen molar-refractivity contribution in [3.63, 3.8) is 0 Å². The van der Waals surface area contributed by atoms with Crippen LogP contribution in [0.2, 0.25) is 0 Å². The Labute approximate surface area is 228 Å². The molecule has 2 amide bonds. The van der Waals surface area contributed by atoms with Crippen LogP contribution in [0.5, 0.6) is 0 Å². The van der Waals surface area contributed by atoms with E-state index in [9.17, 15) is 9.59 Å². The van der Waals surface area contributed by atoms with E-state index in [4.69, 9.17) is 14.0 Å². The summed E-state index contributed by atoms with van der Waals surface area (Å²) in [4.78, 5) is 27.7. The van der Waals surface area contributed by atoms with Crippen LogP contribution in [0.3, 0.4) is 0 Å². The van der Waals surface area contributed by atoms with Gasteiger partial charge in [-0.2, -0.15) is 0 Å². The van der Waals surface area contributed by atoms with Crippen molar-refractivity contribution < 1.29 is 23.6 Å². The van der Waals surface area contributed by atoms with Gasteiger partial charge in [-0.05, 0) is 88.5 Å². The number of nitrogens with one attached hydrogen (secondary N) is 1. The summed E-state index contributed by atoms with van der Waals surface area (Å²) in [6.07, 6.45) is 4.80. The molecular weight excluding hydrogens is 479 g/mol. The molecule has 7 nitrogen and oxygen atoms in total. The zero-order valence-corrected chi connectivity index (χ0v) is 24.0. The third-order valence-corrected chi connectivity index (χ3v) is 9.59. The molecule has 8 heteroatoms. The molecule has 0 aromatic heterocycles. The lowest BCUT2D eigenvalue weighted by molar-refractivity contribution is -0.199. The number of rotatable bonds is 6. The molecule has 208 valence electrons. The van der Waals surface area contributed by atoms with Crippen molar-refractivity contribution in [1.82, 2.24) is 10.2 Å². The summed E-state index contributed by atoms with van der Waals surface area (Å²) in [5.41, 5.74) is 0.558. The molecule has 6 atom stereocenters. The van der Waals surface area contributed by atoms with Crippen molar-refractivity contribution in [3.8, 4) is 0 Å². The van der Waals surface area contributed by atoms with Crippen LogP contribution >= 0.6 is 0 Å². The number of hydrogen-bond donors (Lipinski definition) is 1. The summed E-state index contributed by atoms with van der Waals surface area (Å²) in [7, 11) is -0.478. The van der Waals surface area contributed by atoms with E-state index in [-0.39, 0.29) is 41.0 Å². The van der Waals surface area contributed by atoms with Crippen molar-refractivity contribution >= 4 is 19.1 Å². The van der Waals surface area contributed by atoms with Crippen LogP contribution in [0, 0.1) is 23.2 Å². The molecule has 3 saturated carbocycles. The molecular formula is C30H45BN2O5. The third-order valence-electron chi connectivity index (χ3n) is 9.59. The Kier molecular flexibility index (Phi) is 7.36. The van der Waals surface area contributed by atoms with Crippen LogP contribution in [0.4, 0.5) is 4.79 Å². The molecule has 0 spiro atoms. The van der Waals surface area contributed by atoms with Gasteiger partial charge in [-0.3, -0.25) is 4.79 Å². The fourth-order valence-corrected chi connectivity index (χ4v) is 7.41. The van der Waals surface area contributed by atoms with Gasteiger partial charge in [0.05, 0.1) is 17.6 Å². The van der Waals surface area contributed by atoms with Gasteiger partial charge in [0, 0.05) is 19.5 Å². The predicted octanol–water partition coefficient (Wildman–Crippen LogP) is 5.02. The number of hydrogen-bond acceptors (Lipinski definition) is 5. The van der Waals surface area contributed by atoms with Crippen LogP contribution in [0.25, 0.3) is 0 Å². The summed E-state index contributed by atoms with van der Waals surface area (Å²) in [6.45, 7) is 13.8. The molecule has 1 N–H and O–H groups in total. The van der Waals surface area contributed by atoms with Crippen molar-refractivity contribution in [1.29, 1.82) is 0 Å². The maximum absolute atomic E-state index is 13.4. The SMILES string of the molecule is CC(C)(C)OC(=O)N1CCC[C@@H](CC(=O)N[C@@H](Cc2ccccc2)B2O[C@@H]3C[C@@H]4C[C@@H](C4(C)C)[C@]3(C)O2)C1. The van der Waals surface area contributed by atoms with Crippen LogP contribution in [-0.4, -0.2) is 60.4 Å². The molecule has 1 aromatic rings. The highest BCUT2D eigenvalue weighted by Gasteiger charge is 2.68. The van der Waals surface area contributed by atoms with E-state index in [1.54, 1.807) is 4.90 Å². The highest BCUT2D eigenvalue weighted by atomic mass is 16.7. The van der Waals surface area contributed by atoms with E-state index < -0.39 is 12.7 Å². The Morgan fingerprint density at radius 2 is 1.92 bits per heavy atom. The van der Waals surface area contributed by atoms with E-state index in [0.717, 1.165) is 24.8 Å². The molecule has 2 heterocycles. The smallest absolute Gasteiger partial charge is 0.444 e. The van der Waals surface area contributed by atoms with E-state index in [2.05, 4.69) is 38.2 Å². The number of ether oxygens (including phenoxy) is 1. The minimum Gasteiger partial charge on any atom is -0.444 e. The topological polar surface area (TPSA) is 77.1 Å². The zero-order valence-electron chi connectivity index (χ0n) is 24.0. The van der Waals surface area contributed by atoms with E-state index in [0.29, 0.717) is 37.8 Å². The standard InChI is InChI=1S/C30H45BN2O5/c1-28(2,3)36-27(35)33-14-10-13-21(19-33)16-26(34)32-25(15-20-11-8-7-9-12-20)31-37-24-18-22-17-23(29(22,4)5)30(24,6)38-31/h7-9,11-12,21-25H,10,13-19H2,1-6H3,(H,32,34)/t21-,22-,23-,24+,25-,30-/m0/s1. The van der Waals surface area contributed by atoms with Crippen LogP contribution in [-0.2, 0) is 25.3 Å². The number of amides is 2. The number of benzene rings is 1. The van der Waals surface area contributed by atoms with Gasteiger partial charge in [0.15, 0.2) is 0 Å². The fraction of sp³-hybridized carbons (Fsp3) is 0.733. The quantitative estimate of drug-likeness (QED) is 0.529. The van der Waals surface area contributed by atoms with E-state index >= 15 is 0 Å². The number of likely N-dealkylation sites (tertiary alicyclic amines) is 1. The molecule has 5 fully saturated rings. The van der Waals surface area contributed by atoms with Gasteiger partial charge in [-0.1, -0.05) is 44.2 Å². The maximum Gasteiger partial charge on any atom is 0.482 e. The van der Waals surface area contributed by atoms with E-state index in [1.807, 2.05) is 39.0 Å². The second-order valence-corrected chi connectivity index (χ2v) is 13.8. The predicted molar refractivity (Wildman–Crippen MR) is 147 cm³/mol. The minimum atomic E-state index is -0.531. The average Bonchev–Trinajstić information content (AvgIpc) is 3.20. The van der Waals surface area contributed by atoms with Crippen molar-refractivity contribution in [3.05, 3.63) is 35.9 Å². The summed E-state index contributed by atoms with van der Waals surface area (Å²) in [6, 6.07) is 10.2. The molecule has 2 aliphatic heterocycles. The van der Waals surface area contributed by atoms with Gasteiger partial charge in [0.25, 0.3) is 0 Å². The first-order chi connectivity index (χ1) is 17.8. The number of carbonyl (C=O) groups is 2. The summed E-state index contributed by atoms with van der Waals surface area (Å²) < 4.78 is 18.9. The average molecular weight is 525 g/mol. The molecule has 0 unspecified atom stereocenters. The van der Waals surface area contributed by atoms with Crippen LogP contribution in [0.1, 0.15) is 79.2 Å². The monoisotopic (exact) mass is 524 g/mol. The highest BCUT2D eigenvalue weighted by molar-refractivity contribution is 6.48. The molecule has 5 aliphatic rings. The molecule has 3 aliphatic carbocycles. The molecule has 6 rings (SSSR count). The number of nitrogens with zero attached hydrogens (tertiary/aromatic N) is 1. The number of piperidine rings is 1. The lowest BCUT2D eigenvalue weighted by atomic mass is 9.43. The Balaban J connectivity index is 1.24. The first-order valence-corrected chi connectivity index (χ1v) is 14.5. The first-order valence-electron chi connectivity index (χ1n) is 14.5. The summed E-state index contributed by atoms with van der Waals surface area (Å²) in [5, 5.41) is 3.29. The van der Waals surface area contributed by atoms with Crippen molar-refractivity contribution in [2.24, 2.45) is 23.2 Å². The lowest BCUT2D eigenvalue weighted by Crippen LogP contribution is -2.65. The second-order valence-electron chi connectivity index (χ2n) is 13.8. The molecule has 2 saturated heterocycles. The Bertz CT molecular complexity index is 1030. The van der Waals surface area contributed by atoms with Gasteiger partial charge in [0.1, 0.15) is 5.60 Å². The maximum atomic E-state index is 13.4. The van der Waals surface area contributed by atoms with E-state index in [1.165, 1.54) is 6.42 Å². The largest absolute Gasteiger partial charge is 0.482 e. The van der Waals surface area contributed by atoms with Crippen molar-refractivity contribution in [2.75, 3.05) is 13.1 Å². The Hall–Kier alpha value is -2.06. The molecule has 0 radical (unpaired) electrons.